The Morgan fingerprint density at radius 3 is 2.50 bits per heavy atom. The molecule has 0 aliphatic rings. The lowest BCUT2D eigenvalue weighted by Crippen LogP contribution is -2.11. The van der Waals surface area contributed by atoms with Crippen LogP contribution in [0.2, 0.25) is 0 Å². The second kappa shape index (κ2) is 2.62. The van der Waals surface area contributed by atoms with Crippen molar-refractivity contribution in [2.45, 2.75) is 0 Å². The van der Waals surface area contributed by atoms with E-state index in [0.717, 1.165) is 0 Å². The molecule has 1 amide bonds. The fraction of sp³-hybridized carbons (Fsp3) is 0.500. The molecule has 0 fully saturated rings. The van der Waals surface area contributed by atoms with Crippen LogP contribution in [0, 0.1) is 0 Å². The minimum atomic E-state index is -0.808. The van der Waals surface area contributed by atoms with Crippen LogP contribution in [0.25, 0.3) is 0 Å². The highest BCUT2D eigenvalue weighted by molar-refractivity contribution is 5.74. The first kappa shape index (κ1) is 5.39. The molecule has 0 aromatic heterocycles. The molecule has 0 atom stereocenters. The van der Waals surface area contributed by atoms with Gasteiger partial charge < -0.3 is 0 Å². The molecule has 0 unspecified atom stereocenters. The van der Waals surface area contributed by atoms with Crippen LogP contribution >= 0.6 is 0 Å². The van der Waals surface area contributed by atoms with Crippen molar-refractivity contribution in [2.75, 3.05) is 6.61 Å². The standard InChI is InChI=1S/C2H5N2O2/c3-2(5)1-6-4/h3H,1,4H2. The van der Waals surface area contributed by atoms with Gasteiger partial charge in [0.05, 0.1) is 0 Å². The summed E-state index contributed by atoms with van der Waals surface area (Å²) in [4.78, 5) is 13.3. The monoisotopic (exact) mass is 89.0 g/mol. The largest absolute Gasteiger partial charge is 0.295 e. The molecule has 0 spiro atoms. The molecule has 0 aliphatic heterocycles. The highest BCUT2D eigenvalue weighted by atomic mass is 16.6. The van der Waals surface area contributed by atoms with Gasteiger partial charge in [-0.3, -0.25) is 15.4 Å². The number of nitrogens with one attached hydrogen (secondary N) is 1. The minimum absolute atomic E-state index is 0.319. The van der Waals surface area contributed by atoms with Crippen LogP contribution in [0.4, 0.5) is 0 Å². The van der Waals surface area contributed by atoms with Gasteiger partial charge in [-0.15, -0.1) is 0 Å². The lowest BCUT2D eigenvalue weighted by atomic mass is 10.7. The summed E-state index contributed by atoms with van der Waals surface area (Å²) < 4.78 is 0. The van der Waals surface area contributed by atoms with Gasteiger partial charge in [-0.1, -0.05) is 0 Å². The maximum absolute atomic E-state index is 9.51. The van der Waals surface area contributed by atoms with Gasteiger partial charge in [0.1, 0.15) is 6.61 Å². The molecule has 6 heavy (non-hydrogen) atoms. The second-order valence-corrected chi connectivity index (χ2v) is 0.734. The molecule has 0 heterocycles. The van der Waals surface area contributed by atoms with E-state index in [1.807, 2.05) is 0 Å². The number of nitrogens with two attached hydrogens (primary N) is 1. The Bertz CT molecular complexity index is 53.5. The Kier molecular flexibility index (Phi) is 2.35. The van der Waals surface area contributed by atoms with Crippen LogP contribution < -0.4 is 11.6 Å². The van der Waals surface area contributed by atoms with Gasteiger partial charge in [0.25, 0.3) is 5.91 Å². The predicted molar refractivity (Wildman–Crippen MR) is 18.2 cm³/mol. The molecular formula is C2H5N2O2. The van der Waals surface area contributed by atoms with Crippen molar-refractivity contribution >= 4 is 5.91 Å². The molecule has 0 aromatic carbocycles. The van der Waals surface area contributed by atoms with E-state index in [1.165, 1.54) is 0 Å². The third-order valence-electron chi connectivity index (χ3n) is 0.214. The van der Waals surface area contributed by atoms with E-state index < -0.39 is 5.91 Å². The van der Waals surface area contributed by atoms with Crippen molar-refractivity contribution < 1.29 is 9.63 Å². The van der Waals surface area contributed by atoms with E-state index in [-0.39, 0.29) is 6.61 Å². The van der Waals surface area contributed by atoms with E-state index >= 15 is 0 Å². The van der Waals surface area contributed by atoms with Crippen LogP contribution in [-0.4, -0.2) is 12.5 Å². The summed E-state index contributed by atoms with van der Waals surface area (Å²) in [5.74, 6) is 3.58. The summed E-state index contributed by atoms with van der Waals surface area (Å²) in [6, 6.07) is 0. The Labute approximate surface area is 35.0 Å². The Balaban J connectivity index is 2.83. The minimum Gasteiger partial charge on any atom is -0.295 e. The zero-order valence-corrected chi connectivity index (χ0v) is 3.10. The van der Waals surface area contributed by atoms with E-state index in [1.54, 1.807) is 0 Å². The zero-order chi connectivity index (χ0) is 4.99. The third-order valence-corrected chi connectivity index (χ3v) is 0.214. The fourth-order valence-electron chi connectivity index (χ4n) is 0.0757. The first-order valence-corrected chi connectivity index (χ1v) is 1.33. The molecule has 4 heteroatoms. The molecule has 4 nitrogen and oxygen atoms in total. The highest BCUT2D eigenvalue weighted by Gasteiger charge is 1.87. The van der Waals surface area contributed by atoms with Gasteiger partial charge in [0, 0.05) is 0 Å². The van der Waals surface area contributed by atoms with Gasteiger partial charge in [0.15, 0.2) is 0 Å². The van der Waals surface area contributed by atoms with Crippen LogP contribution in [0.3, 0.4) is 0 Å². The van der Waals surface area contributed by atoms with Gasteiger partial charge in [-0.25, -0.2) is 5.90 Å². The normalized spacial score (nSPS) is 8.17. The molecular weight excluding hydrogens is 84.0 g/mol. The van der Waals surface area contributed by atoms with Crippen molar-refractivity contribution in [1.82, 2.24) is 5.73 Å². The van der Waals surface area contributed by atoms with Crippen LogP contribution in [-0.2, 0) is 9.63 Å². The van der Waals surface area contributed by atoms with Crippen molar-refractivity contribution in [3.05, 3.63) is 0 Å². The summed E-state index contributed by atoms with van der Waals surface area (Å²) in [7, 11) is 0. The van der Waals surface area contributed by atoms with Crippen molar-refractivity contribution in [2.24, 2.45) is 5.90 Å². The Morgan fingerprint density at radius 1 is 2.00 bits per heavy atom. The molecule has 0 saturated carbocycles. The Hall–Kier alpha value is -0.610. The highest BCUT2D eigenvalue weighted by Crippen LogP contribution is 1.56. The van der Waals surface area contributed by atoms with Gasteiger partial charge >= 0.3 is 0 Å². The molecule has 0 rings (SSSR count). The quantitative estimate of drug-likeness (QED) is 0.426. The molecule has 3 N–H and O–H groups in total. The van der Waals surface area contributed by atoms with Gasteiger partial charge in [0.2, 0.25) is 0 Å². The summed E-state index contributed by atoms with van der Waals surface area (Å²) in [5, 5.41) is 0. The third kappa shape index (κ3) is 3.39. The number of amides is 1. The number of rotatable bonds is 2. The SMILES string of the molecule is [NH]C(=O)CON. The molecule has 0 aromatic rings. The van der Waals surface area contributed by atoms with Crippen molar-refractivity contribution in [3.8, 4) is 0 Å². The van der Waals surface area contributed by atoms with E-state index in [4.69, 9.17) is 5.73 Å². The lowest BCUT2D eigenvalue weighted by Gasteiger charge is -1.83. The van der Waals surface area contributed by atoms with E-state index in [0.29, 0.717) is 0 Å². The second-order valence-electron chi connectivity index (χ2n) is 0.734. The number of hydrogen-bond acceptors (Lipinski definition) is 3. The zero-order valence-electron chi connectivity index (χ0n) is 3.10. The predicted octanol–water partition coefficient (Wildman–Crippen LogP) is -1.31. The van der Waals surface area contributed by atoms with Gasteiger partial charge in [-0.2, -0.15) is 0 Å². The van der Waals surface area contributed by atoms with Crippen molar-refractivity contribution in [3.63, 3.8) is 0 Å². The van der Waals surface area contributed by atoms with Crippen LogP contribution in [0.5, 0.6) is 0 Å². The van der Waals surface area contributed by atoms with E-state index in [9.17, 15) is 4.79 Å². The maximum atomic E-state index is 9.51. The topological polar surface area (TPSA) is 76.1 Å². The summed E-state index contributed by atoms with van der Waals surface area (Å²) in [5.41, 5.74) is 6.13. The van der Waals surface area contributed by atoms with Gasteiger partial charge in [-0.05, 0) is 0 Å². The van der Waals surface area contributed by atoms with Crippen LogP contribution in [0.15, 0.2) is 0 Å². The molecule has 0 aliphatic carbocycles. The summed E-state index contributed by atoms with van der Waals surface area (Å²) in [6.45, 7) is -0.319. The number of carbonyl (C=O) groups excluding carboxylic acids is 1. The number of carbonyl (C=O) groups is 1. The average molecular weight is 89.1 g/mol. The first-order chi connectivity index (χ1) is 2.77. The molecule has 1 radical (unpaired) electrons. The first-order valence-electron chi connectivity index (χ1n) is 1.33. The molecule has 0 bridgehead atoms. The van der Waals surface area contributed by atoms with E-state index in [2.05, 4.69) is 10.7 Å². The van der Waals surface area contributed by atoms with Crippen LogP contribution in [0.1, 0.15) is 0 Å². The Morgan fingerprint density at radius 2 is 2.50 bits per heavy atom. The molecule has 35 valence electrons. The average Bonchev–Trinajstić information content (AvgIpc) is 1.35. The smallest absolute Gasteiger partial charge is 0.266 e. The fourth-order valence-corrected chi connectivity index (χ4v) is 0.0757. The lowest BCUT2D eigenvalue weighted by molar-refractivity contribution is -0.123. The number of hydrogen-bond donors (Lipinski definition) is 1. The maximum Gasteiger partial charge on any atom is 0.266 e. The van der Waals surface area contributed by atoms with Crippen molar-refractivity contribution in [1.29, 1.82) is 0 Å². The molecule has 0 saturated heterocycles. The summed E-state index contributed by atoms with van der Waals surface area (Å²) in [6.07, 6.45) is 0. The summed E-state index contributed by atoms with van der Waals surface area (Å²) >= 11 is 0.